The van der Waals surface area contributed by atoms with Crippen molar-refractivity contribution in [3.8, 4) is 0 Å². The molecule has 2 aromatic carbocycles. The van der Waals surface area contributed by atoms with E-state index >= 15 is 0 Å². The summed E-state index contributed by atoms with van der Waals surface area (Å²) in [5.41, 5.74) is 0.475. The van der Waals surface area contributed by atoms with Crippen LogP contribution in [0.2, 0.25) is 0 Å². The van der Waals surface area contributed by atoms with Crippen molar-refractivity contribution in [1.29, 1.82) is 0 Å². The Labute approximate surface area is 141 Å². The van der Waals surface area contributed by atoms with Crippen molar-refractivity contribution >= 4 is 22.5 Å². The quantitative estimate of drug-likeness (QED) is 0.730. The molecule has 4 nitrogen and oxygen atoms in total. The standard InChI is InChI=1S/C18H14F3N3O/c19-18(20,21)15-4-1-12(2-5-15)10-23-17(25)24-16-6-3-14-11-22-8-7-13(14)9-16/h1-9,11H,10H2,(H2,23,24,25). The van der Waals surface area contributed by atoms with Gasteiger partial charge in [-0.3, -0.25) is 4.98 Å². The molecule has 0 radical (unpaired) electrons. The third-order valence-electron chi connectivity index (χ3n) is 3.63. The Morgan fingerprint density at radius 2 is 1.76 bits per heavy atom. The van der Waals surface area contributed by atoms with Gasteiger partial charge in [0.1, 0.15) is 0 Å². The summed E-state index contributed by atoms with van der Waals surface area (Å²) in [6.07, 6.45) is -0.977. The maximum absolute atomic E-state index is 12.5. The first-order chi connectivity index (χ1) is 11.9. The van der Waals surface area contributed by atoms with Gasteiger partial charge in [0, 0.05) is 30.0 Å². The van der Waals surface area contributed by atoms with Crippen LogP contribution in [0, 0.1) is 0 Å². The molecule has 2 N–H and O–H groups in total. The van der Waals surface area contributed by atoms with Gasteiger partial charge in [-0.2, -0.15) is 13.2 Å². The van der Waals surface area contributed by atoms with Gasteiger partial charge in [-0.15, -0.1) is 0 Å². The summed E-state index contributed by atoms with van der Waals surface area (Å²) < 4.78 is 37.5. The Balaban J connectivity index is 1.58. The van der Waals surface area contributed by atoms with Crippen LogP contribution >= 0.6 is 0 Å². The first-order valence-corrected chi connectivity index (χ1v) is 7.46. The van der Waals surface area contributed by atoms with E-state index in [9.17, 15) is 18.0 Å². The van der Waals surface area contributed by atoms with Crippen LogP contribution in [0.4, 0.5) is 23.7 Å². The molecule has 0 bridgehead atoms. The van der Waals surface area contributed by atoms with Crippen LogP contribution in [0.15, 0.2) is 60.9 Å². The van der Waals surface area contributed by atoms with E-state index in [1.165, 1.54) is 12.1 Å². The van der Waals surface area contributed by atoms with E-state index in [0.29, 0.717) is 11.3 Å². The maximum atomic E-state index is 12.5. The number of nitrogens with zero attached hydrogens (tertiary/aromatic N) is 1. The summed E-state index contributed by atoms with van der Waals surface area (Å²) in [7, 11) is 0. The number of aromatic nitrogens is 1. The number of fused-ring (bicyclic) bond motifs is 1. The van der Waals surface area contributed by atoms with E-state index in [1.807, 2.05) is 18.2 Å². The molecule has 0 saturated heterocycles. The maximum Gasteiger partial charge on any atom is 0.416 e. The number of amides is 2. The molecule has 7 heteroatoms. The molecule has 1 heterocycles. The van der Waals surface area contributed by atoms with Crippen molar-refractivity contribution in [2.75, 3.05) is 5.32 Å². The molecule has 0 fully saturated rings. The zero-order valence-corrected chi connectivity index (χ0v) is 13.0. The van der Waals surface area contributed by atoms with Gasteiger partial charge in [0.25, 0.3) is 0 Å². The van der Waals surface area contributed by atoms with E-state index in [4.69, 9.17) is 0 Å². The molecule has 3 aromatic rings. The number of halogens is 3. The Bertz CT molecular complexity index is 892. The van der Waals surface area contributed by atoms with Gasteiger partial charge >= 0.3 is 12.2 Å². The second kappa shape index (κ2) is 6.80. The van der Waals surface area contributed by atoms with Crippen molar-refractivity contribution < 1.29 is 18.0 Å². The fraction of sp³-hybridized carbons (Fsp3) is 0.111. The van der Waals surface area contributed by atoms with E-state index in [1.54, 1.807) is 18.5 Å². The van der Waals surface area contributed by atoms with Crippen LogP contribution in [-0.2, 0) is 12.7 Å². The Morgan fingerprint density at radius 3 is 2.48 bits per heavy atom. The molecular formula is C18H14F3N3O. The lowest BCUT2D eigenvalue weighted by Crippen LogP contribution is -2.28. The number of rotatable bonds is 3. The fourth-order valence-electron chi connectivity index (χ4n) is 2.33. The predicted octanol–water partition coefficient (Wildman–Crippen LogP) is 4.58. The monoisotopic (exact) mass is 345 g/mol. The van der Waals surface area contributed by atoms with Crippen LogP contribution < -0.4 is 10.6 Å². The van der Waals surface area contributed by atoms with Gasteiger partial charge < -0.3 is 10.6 Å². The number of hydrogen-bond acceptors (Lipinski definition) is 2. The lowest BCUT2D eigenvalue weighted by Gasteiger charge is -2.10. The summed E-state index contributed by atoms with van der Waals surface area (Å²) in [5, 5.41) is 7.20. The molecule has 25 heavy (non-hydrogen) atoms. The van der Waals surface area contributed by atoms with Gasteiger partial charge in [-0.1, -0.05) is 18.2 Å². The van der Waals surface area contributed by atoms with Crippen molar-refractivity contribution in [3.63, 3.8) is 0 Å². The summed E-state index contributed by atoms with van der Waals surface area (Å²) in [6.45, 7) is 0.126. The van der Waals surface area contributed by atoms with Crippen LogP contribution in [0.5, 0.6) is 0 Å². The number of anilines is 1. The minimum atomic E-state index is -4.37. The molecule has 0 aliphatic heterocycles. The third kappa shape index (κ3) is 4.26. The SMILES string of the molecule is O=C(NCc1ccc(C(F)(F)F)cc1)Nc1ccc2cnccc2c1. The largest absolute Gasteiger partial charge is 0.416 e. The van der Waals surface area contributed by atoms with Crippen LogP contribution in [0.1, 0.15) is 11.1 Å². The van der Waals surface area contributed by atoms with Crippen LogP contribution in [-0.4, -0.2) is 11.0 Å². The highest BCUT2D eigenvalue weighted by Crippen LogP contribution is 2.29. The number of carbonyl (C=O) groups is 1. The number of urea groups is 1. The zero-order chi connectivity index (χ0) is 17.9. The van der Waals surface area contributed by atoms with Gasteiger partial charge in [0.2, 0.25) is 0 Å². The van der Waals surface area contributed by atoms with Crippen molar-refractivity contribution in [2.24, 2.45) is 0 Å². The lowest BCUT2D eigenvalue weighted by atomic mass is 10.1. The number of benzene rings is 2. The topological polar surface area (TPSA) is 54.0 Å². The highest BCUT2D eigenvalue weighted by Gasteiger charge is 2.29. The molecule has 2 amide bonds. The minimum absolute atomic E-state index is 0.126. The first kappa shape index (κ1) is 16.8. The average Bonchev–Trinajstić information content (AvgIpc) is 2.59. The van der Waals surface area contributed by atoms with Gasteiger partial charge in [0.15, 0.2) is 0 Å². The number of pyridine rings is 1. The molecule has 0 unspecified atom stereocenters. The molecule has 0 aliphatic carbocycles. The molecule has 128 valence electrons. The van der Waals surface area contributed by atoms with Crippen molar-refractivity contribution in [2.45, 2.75) is 12.7 Å². The second-order valence-electron chi connectivity index (χ2n) is 5.44. The van der Waals surface area contributed by atoms with E-state index in [-0.39, 0.29) is 6.54 Å². The number of hydrogen-bond donors (Lipinski definition) is 2. The highest BCUT2D eigenvalue weighted by atomic mass is 19.4. The smallest absolute Gasteiger partial charge is 0.334 e. The Kier molecular flexibility index (Phi) is 4.56. The van der Waals surface area contributed by atoms with E-state index in [0.717, 1.165) is 22.9 Å². The molecule has 0 spiro atoms. The molecule has 0 saturated carbocycles. The van der Waals surface area contributed by atoms with Crippen LogP contribution in [0.3, 0.4) is 0 Å². The van der Waals surface area contributed by atoms with Crippen molar-refractivity contribution in [1.82, 2.24) is 10.3 Å². The third-order valence-corrected chi connectivity index (χ3v) is 3.63. The normalized spacial score (nSPS) is 11.3. The minimum Gasteiger partial charge on any atom is -0.334 e. The van der Waals surface area contributed by atoms with Gasteiger partial charge in [0.05, 0.1) is 5.56 Å². The zero-order valence-electron chi connectivity index (χ0n) is 13.0. The molecule has 3 rings (SSSR count). The first-order valence-electron chi connectivity index (χ1n) is 7.46. The number of alkyl halides is 3. The van der Waals surface area contributed by atoms with E-state index in [2.05, 4.69) is 15.6 Å². The Hall–Kier alpha value is -3.09. The fourth-order valence-corrected chi connectivity index (χ4v) is 2.33. The second-order valence-corrected chi connectivity index (χ2v) is 5.44. The van der Waals surface area contributed by atoms with Gasteiger partial charge in [-0.25, -0.2) is 4.79 Å². The van der Waals surface area contributed by atoms with Gasteiger partial charge in [-0.05, 0) is 41.3 Å². The molecular weight excluding hydrogens is 331 g/mol. The van der Waals surface area contributed by atoms with Crippen molar-refractivity contribution in [3.05, 3.63) is 72.1 Å². The molecule has 0 aliphatic rings. The van der Waals surface area contributed by atoms with Crippen LogP contribution in [0.25, 0.3) is 10.8 Å². The summed E-state index contributed by atoms with van der Waals surface area (Å²) >= 11 is 0. The average molecular weight is 345 g/mol. The Morgan fingerprint density at radius 1 is 1.00 bits per heavy atom. The highest BCUT2D eigenvalue weighted by molar-refractivity contribution is 5.93. The number of nitrogens with one attached hydrogen (secondary N) is 2. The molecule has 0 atom stereocenters. The predicted molar refractivity (Wildman–Crippen MR) is 89.0 cm³/mol. The number of carbonyl (C=O) groups excluding carboxylic acids is 1. The lowest BCUT2D eigenvalue weighted by molar-refractivity contribution is -0.137. The molecule has 1 aromatic heterocycles. The van der Waals surface area contributed by atoms with E-state index < -0.39 is 17.8 Å². The summed E-state index contributed by atoms with van der Waals surface area (Å²) in [6, 6.07) is 11.5. The summed E-state index contributed by atoms with van der Waals surface area (Å²) in [5.74, 6) is 0. The summed E-state index contributed by atoms with van der Waals surface area (Å²) in [4.78, 5) is 16.0.